The maximum Gasteiger partial charge on any atom is 0.227 e. The number of carbonyl (C=O) groups excluding carboxylic acids is 1. The summed E-state index contributed by atoms with van der Waals surface area (Å²) in [6.45, 7) is 7.81. The van der Waals surface area contributed by atoms with Crippen LogP contribution in [0.3, 0.4) is 0 Å². The molecule has 0 radical (unpaired) electrons. The Balaban J connectivity index is 0.00000529. The first-order valence-electron chi connectivity index (χ1n) is 8.18. The Bertz CT molecular complexity index is 502. The Morgan fingerprint density at radius 1 is 1.25 bits per heavy atom. The first kappa shape index (κ1) is 22.6. The number of hydrogen-bond acceptors (Lipinski definition) is 3. The summed E-state index contributed by atoms with van der Waals surface area (Å²) in [6, 6.07) is 3.72. The lowest BCUT2D eigenvalue weighted by molar-refractivity contribution is -0.116. The largest absolute Gasteiger partial charge is 0.356 e. The van der Waals surface area contributed by atoms with E-state index in [4.69, 9.17) is 0 Å². The van der Waals surface area contributed by atoms with Gasteiger partial charge in [0, 0.05) is 32.8 Å². The summed E-state index contributed by atoms with van der Waals surface area (Å²) in [5.41, 5.74) is 1.07. The van der Waals surface area contributed by atoms with Crippen LogP contribution in [-0.2, 0) is 4.79 Å². The van der Waals surface area contributed by atoms with Crippen LogP contribution >= 0.6 is 24.0 Å². The number of guanidine groups is 1. The third-order valence-electron chi connectivity index (χ3n) is 3.30. The maximum atomic E-state index is 11.9. The Hall–Kier alpha value is -1.38. The Morgan fingerprint density at radius 2 is 1.96 bits per heavy atom. The molecule has 0 atom stereocenters. The number of nitrogens with one attached hydrogen (secondary N) is 3. The molecule has 7 heteroatoms. The van der Waals surface area contributed by atoms with Crippen molar-refractivity contribution < 1.29 is 4.79 Å². The van der Waals surface area contributed by atoms with Crippen LogP contribution < -0.4 is 16.0 Å². The number of carbonyl (C=O) groups is 1. The summed E-state index contributed by atoms with van der Waals surface area (Å²) in [5, 5.41) is 9.17. The number of halogens is 1. The van der Waals surface area contributed by atoms with E-state index in [1.165, 1.54) is 6.42 Å². The van der Waals surface area contributed by atoms with E-state index in [9.17, 15) is 4.79 Å². The first-order chi connectivity index (χ1) is 11.0. The van der Waals surface area contributed by atoms with E-state index in [2.05, 4.69) is 39.8 Å². The van der Waals surface area contributed by atoms with Crippen molar-refractivity contribution in [2.75, 3.05) is 25.5 Å². The van der Waals surface area contributed by atoms with Gasteiger partial charge in [-0.2, -0.15) is 0 Å². The van der Waals surface area contributed by atoms with Crippen LogP contribution in [-0.4, -0.2) is 37.0 Å². The molecular weight excluding hydrogens is 417 g/mol. The Morgan fingerprint density at radius 3 is 2.54 bits per heavy atom. The maximum absolute atomic E-state index is 11.9. The van der Waals surface area contributed by atoms with Gasteiger partial charge in [0.05, 0.1) is 0 Å². The molecule has 3 N–H and O–H groups in total. The SMILES string of the molecule is CN=C(NCCCC(C)C)NCCC(=O)Nc1ccc(C)cn1.I. The molecule has 0 spiro atoms. The fourth-order valence-corrected chi connectivity index (χ4v) is 1.98. The van der Waals surface area contributed by atoms with Crippen molar-refractivity contribution in [3.8, 4) is 0 Å². The molecule has 0 bridgehead atoms. The van der Waals surface area contributed by atoms with Crippen molar-refractivity contribution in [1.82, 2.24) is 15.6 Å². The highest BCUT2D eigenvalue weighted by Gasteiger charge is 2.04. The topological polar surface area (TPSA) is 78.4 Å². The van der Waals surface area contributed by atoms with Gasteiger partial charge in [-0.05, 0) is 37.3 Å². The third-order valence-corrected chi connectivity index (χ3v) is 3.30. The average molecular weight is 447 g/mol. The number of aliphatic imine (C=N–C) groups is 1. The molecule has 0 saturated carbocycles. The van der Waals surface area contributed by atoms with Gasteiger partial charge in [-0.1, -0.05) is 19.9 Å². The molecule has 0 aliphatic rings. The summed E-state index contributed by atoms with van der Waals surface area (Å²) in [4.78, 5) is 20.1. The van der Waals surface area contributed by atoms with Crippen molar-refractivity contribution in [2.24, 2.45) is 10.9 Å². The highest BCUT2D eigenvalue weighted by molar-refractivity contribution is 14.0. The predicted molar refractivity (Wildman–Crippen MR) is 111 cm³/mol. The van der Waals surface area contributed by atoms with Crippen LogP contribution in [0.25, 0.3) is 0 Å². The highest BCUT2D eigenvalue weighted by atomic mass is 127. The van der Waals surface area contributed by atoms with Crippen LogP contribution in [0.2, 0.25) is 0 Å². The number of amides is 1. The van der Waals surface area contributed by atoms with E-state index in [1.54, 1.807) is 19.3 Å². The first-order valence-corrected chi connectivity index (χ1v) is 8.18. The molecule has 136 valence electrons. The average Bonchev–Trinajstić information content (AvgIpc) is 2.51. The van der Waals surface area contributed by atoms with E-state index in [1.807, 2.05) is 13.0 Å². The van der Waals surface area contributed by atoms with Gasteiger partial charge in [-0.3, -0.25) is 9.79 Å². The third kappa shape index (κ3) is 10.4. The quantitative estimate of drug-likeness (QED) is 0.248. The van der Waals surface area contributed by atoms with Crippen LogP contribution in [0.5, 0.6) is 0 Å². The standard InChI is InChI=1S/C17H29N5O.HI/c1-13(2)6-5-10-19-17(18-4)20-11-9-16(23)22-15-8-7-14(3)12-21-15;/h7-8,12-13H,5-6,9-11H2,1-4H3,(H2,18,19,20)(H,21,22,23);1H. The molecule has 1 rings (SSSR count). The van der Waals surface area contributed by atoms with Crippen LogP contribution in [0, 0.1) is 12.8 Å². The van der Waals surface area contributed by atoms with Crippen LogP contribution in [0.15, 0.2) is 23.3 Å². The minimum atomic E-state index is -0.0656. The van der Waals surface area contributed by atoms with Gasteiger partial charge in [0.15, 0.2) is 5.96 Å². The number of hydrogen-bond donors (Lipinski definition) is 3. The van der Waals surface area contributed by atoms with Gasteiger partial charge in [-0.15, -0.1) is 24.0 Å². The van der Waals surface area contributed by atoms with Crippen molar-refractivity contribution in [3.63, 3.8) is 0 Å². The van der Waals surface area contributed by atoms with E-state index in [-0.39, 0.29) is 29.9 Å². The van der Waals surface area contributed by atoms with Crippen LogP contribution in [0.4, 0.5) is 5.82 Å². The van der Waals surface area contributed by atoms with Crippen molar-refractivity contribution >= 4 is 41.7 Å². The second-order valence-electron chi connectivity index (χ2n) is 5.98. The fraction of sp³-hybridized carbons (Fsp3) is 0.588. The fourth-order valence-electron chi connectivity index (χ4n) is 1.98. The zero-order valence-corrected chi connectivity index (χ0v) is 17.4. The smallest absolute Gasteiger partial charge is 0.227 e. The molecule has 1 amide bonds. The van der Waals surface area contributed by atoms with E-state index in [0.29, 0.717) is 24.7 Å². The zero-order chi connectivity index (χ0) is 17.1. The molecule has 0 fully saturated rings. The monoisotopic (exact) mass is 447 g/mol. The molecule has 0 saturated heterocycles. The number of pyridine rings is 1. The number of rotatable bonds is 8. The highest BCUT2D eigenvalue weighted by Crippen LogP contribution is 2.04. The molecule has 24 heavy (non-hydrogen) atoms. The molecule has 1 heterocycles. The predicted octanol–water partition coefficient (Wildman–Crippen LogP) is 2.94. The normalized spacial score (nSPS) is 11.0. The lowest BCUT2D eigenvalue weighted by atomic mass is 10.1. The van der Waals surface area contributed by atoms with Crippen molar-refractivity contribution in [2.45, 2.75) is 40.0 Å². The number of nitrogens with zero attached hydrogens (tertiary/aromatic N) is 2. The summed E-state index contributed by atoms with van der Waals surface area (Å²) in [6.07, 6.45) is 4.40. The molecule has 0 aliphatic carbocycles. The summed E-state index contributed by atoms with van der Waals surface area (Å²) in [5.74, 6) is 1.96. The second-order valence-corrected chi connectivity index (χ2v) is 5.98. The molecule has 0 aromatic carbocycles. The van der Waals surface area contributed by atoms with E-state index >= 15 is 0 Å². The Labute approximate surface area is 162 Å². The Kier molecular flexibility index (Phi) is 12.2. The van der Waals surface area contributed by atoms with Gasteiger partial charge in [0.25, 0.3) is 0 Å². The van der Waals surface area contributed by atoms with Gasteiger partial charge in [-0.25, -0.2) is 4.98 Å². The minimum absolute atomic E-state index is 0. The van der Waals surface area contributed by atoms with E-state index in [0.717, 1.165) is 24.5 Å². The van der Waals surface area contributed by atoms with Gasteiger partial charge >= 0.3 is 0 Å². The number of aryl methyl sites for hydroxylation is 1. The molecular formula is C17H30IN5O. The summed E-state index contributed by atoms with van der Waals surface area (Å²) in [7, 11) is 1.73. The van der Waals surface area contributed by atoms with Gasteiger partial charge < -0.3 is 16.0 Å². The lowest BCUT2D eigenvalue weighted by Gasteiger charge is -2.12. The molecule has 1 aromatic rings. The van der Waals surface area contributed by atoms with Crippen molar-refractivity contribution in [1.29, 1.82) is 0 Å². The number of aromatic nitrogens is 1. The molecule has 6 nitrogen and oxygen atoms in total. The number of anilines is 1. The second kappa shape index (κ2) is 13.0. The van der Waals surface area contributed by atoms with Gasteiger partial charge in [0.2, 0.25) is 5.91 Å². The lowest BCUT2D eigenvalue weighted by Crippen LogP contribution is -2.39. The summed E-state index contributed by atoms with van der Waals surface area (Å²) < 4.78 is 0. The minimum Gasteiger partial charge on any atom is -0.356 e. The molecule has 1 aromatic heterocycles. The summed E-state index contributed by atoms with van der Waals surface area (Å²) >= 11 is 0. The van der Waals surface area contributed by atoms with Crippen molar-refractivity contribution in [3.05, 3.63) is 23.9 Å². The van der Waals surface area contributed by atoms with Gasteiger partial charge in [0.1, 0.15) is 5.82 Å². The molecule has 0 aliphatic heterocycles. The molecule has 0 unspecified atom stereocenters. The van der Waals surface area contributed by atoms with E-state index < -0.39 is 0 Å². The zero-order valence-electron chi connectivity index (χ0n) is 15.1. The van der Waals surface area contributed by atoms with Crippen LogP contribution in [0.1, 0.15) is 38.7 Å².